The van der Waals surface area contributed by atoms with Crippen LogP contribution in [-0.4, -0.2) is 20.5 Å². The number of nitrogens with one attached hydrogen (secondary N) is 1. The molecule has 1 aliphatic carbocycles. The molecule has 1 aromatic rings. The minimum atomic E-state index is -3.49. The van der Waals surface area contributed by atoms with Crippen molar-refractivity contribution in [3.8, 4) is 0 Å². The van der Waals surface area contributed by atoms with Gasteiger partial charge in [0.1, 0.15) is 0 Å². The second-order valence-electron chi connectivity index (χ2n) is 6.49. The van der Waals surface area contributed by atoms with Gasteiger partial charge < -0.3 is 5.73 Å². The Bertz CT molecular complexity index is 548. The van der Waals surface area contributed by atoms with Crippen LogP contribution in [0.5, 0.6) is 0 Å². The minimum absolute atomic E-state index is 0.0246. The zero-order valence-corrected chi connectivity index (χ0v) is 12.7. The summed E-state index contributed by atoms with van der Waals surface area (Å²) in [6, 6.07) is 8.24. The van der Waals surface area contributed by atoms with E-state index in [2.05, 4.69) is 4.72 Å². The van der Waals surface area contributed by atoms with Gasteiger partial charge in [-0.05, 0) is 23.0 Å². The predicted octanol–water partition coefficient (Wildman–Crippen LogP) is 1.73. The van der Waals surface area contributed by atoms with Gasteiger partial charge in [0.05, 0.1) is 4.90 Å². The molecule has 3 N–H and O–H groups in total. The van der Waals surface area contributed by atoms with Crippen LogP contribution in [0.3, 0.4) is 0 Å². The smallest absolute Gasteiger partial charge is 0.240 e. The fourth-order valence-corrected chi connectivity index (χ4v) is 4.88. The Balaban J connectivity index is 2.27. The molecule has 1 saturated carbocycles. The van der Waals surface area contributed by atoms with Gasteiger partial charge in [0, 0.05) is 12.1 Å². The molecule has 0 atom stereocenters. The first kappa shape index (κ1) is 14.5. The second-order valence-corrected chi connectivity index (χ2v) is 8.20. The lowest BCUT2D eigenvalue weighted by Crippen LogP contribution is -2.75. The molecular formula is C14H22N2O2S. The number of sulfonamides is 1. The maximum atomic E-state index is 12.4. The Morgan fingerprint density at radius 2 is 1.53 bits per heavy atom. The highest BCUT2D eigenvalue weighted by Crippen LogP contribution is 2.52. The molecule has 2 rings (SSSR count). The van der Waals surface area contributed by atoms with Crippen LogP contribution in [0.1, 0.15) is 27.7 Å². The van der Waals surface area contributed by atoms with Crippen LogP contribution >= 0.6 is 0 Å². The van der Waals surface area contributed by atoms with Crippen LogP contribution in [0.25, 0.3) is 0 Å². The first-order valence-corrected chi connectivity index (χ1v) is 7.91. The third-order valence-electron chi connectivity index (χ3n) is 4.42. The Labute approximate surface area is 115 Å². The van der Waals surface area contributed by atoms with Crippen LogP contribution in [0.4, 0.5) is 0 Å². The standard InChI is InChI=1S/C14H22N2O2S/c1-13(2)11(15)14(3,4)12(13)16-19(17,18)10-8-6-5-7-9-10/h5-9,11-12,16H,15H2,1-4H3. The molecule has 0 saturated heterocycles. The highest BCUT2D eigenvalue weighted by molar-refractivity contribution is 7.89. The molecule has 19 heavy (non-hydrogen) atoms. The molecule has 0 aromatic heterocycles. The fourth-order valence-electron chi connectivity index (χ4n) is 3.31. The van der Waals surface area contributed by atoms with Crippen molar-refractivity contribution in [1.29, 1.82) is 0 Å². The summed E-state index contributed by atoms with van der Waals surface area (Å²) >= 11 is 0. The third-order valence-corrected chi connectivity index (χ3v) is 5.86. The normalized spacial score (nSPS) is 28.7. The number of benzene rings is 1. The van der Waals surface area contributed by atoms with E-state index in [1.165, 1.54) is 0 Å². The molecule has 4 nitrogen and oxygen atoms in total. The monoisotopic (exact) mass is 282 g/mol. The molecule has 0 unspecified atom stereocenters. The lowest BCUT2D eigenvalue weighted by Gasteiger charge is -2.62. The van der Waals surface area contributed by atoms with Crippen molar-refractivity contribution in [3.05, 3.63) is 30.3 Å². The Kier molecular flexibility index (Phi) is 3.28. The van der Waals surface area contributed by atoms with Crippen LogP contribution in [0.15, 0.2) is 35.2 Å². The molecule has 106 valence electrons. The highest BCUT2D eigenvalue weighted by Gasteiger charge is 2.61. The van der Waals surface area contributed by atoms with Crippen LogP contribution in [0, 0.1) is 10.8 Å². The molecular weight excluding hydrogens is 260 g/mol. The maximum absolute atomic E-state index is 12.4. The van der Waals surface area contributed by atoms with E-state index in [-0.39, 0.29) is 22.9 Å². The van der Waals surface area contributed by atoms with Crippen LogP contribution in [-0.2, 0) is 10.0 Å². The molecule has 0 aliphatic heterocycles. The van der Waals surface area contributed by atoms with Crippen molar-refractivity contribution < 1.29 is 8.42 Å². The van der Waals surface area contributed by atoms with E-state index in [4.69, 9.17) is 5.73 Å². The Morgan fingerprint density at radius 3 is 2.00 bits per heavy atom. The largest absolute Gasteiger partial charge is 0.327 e. The number of hydrogen-bond donors (Lipinski definition) is 2. The van der Waals surface area contributed by atoms with Gasteiger partial charge in [0.2, 0.25) is 10.0 Å². The van der Waals surface area contributed by atoms with E-state index in [1.807, 2.05) is 27.7 Å². The summed E-state index contributed by atoms with van der Waals surface area (Å²) in [4.78, 5) is 0.294. The molecule has 0 radical (unpaired) electrons. The van der Waals surface area contributed by atoms with Crippen molar-refractivity contribution in [1.82, 2.24) is 4.72 Å². The van der Waals surface area contributed by atoms with E-state index in [1.54, 1.807) is 30.3 Å². The number of rotatable bonds is 3. The molecule has 5 heteroatoms. The first-order chi connectivity index (χ1) is 8.60. The van der Waals surface area contributed by atoms with Crippen molar-refractivity contribution in [3.63, 3.8) is 0 Å². The zero-order chi connectivity index (χ0) is 14.5. The molecule has 1 aromatic carbocycles. The average Bonchev–Trinajstić information content (AvgIpc) is 2.36. The van der Waals surface area contributed by atoms with E-state index >= 15 is 0 Å². The van der Waals surface area contributed by atoms with Gasteiger partial charge in [0.15, 0.2) is 0 Å². The summed E-state index contributed by atoms with van der Waals surface area (Å²) in [6.45, 7) is 8.00. The zero-order valence-electron chi connectivity index (χ0n) is 11.8. The molecule has 0 heterocycles. The second kappa shape index (κ2) is 4.30. The molecule has 1 aliphatic rings. The fraction of sp³-hybridized carbons (Fsp3) is 0.571. The van der Waals surface area contributed by atoms with Crippen LogP contribution in [0.2, 0.25) is 0 Å². The van der Waals surface area contributed by atoms with Crippen molar-refractivity contribution >= 4 is 10.0 Å². The van der Waals surface area contributed by atoms with Gasteiger partial charge in [-0.3, -0.25) is 0 Å². The van der Waals surface area contributed by atoms with E-state index in [0.29, 0.717) is 4.90 Å². The summed E-state index contributed by atoms with van der Waals surface area (Å²) in [6.07, 6.45) is 0. The molecule has 1 fully saturated rings. The summed E-state index contributed by atoms with van der Waals surface area (Å²) in [5.41, 5.74) is 5.66. The Hall–Kier alpha value is -0.910. The van der Waals surface area contributed by atoms with Gasteiger partial charge in [-0.25, -0.2) is 13.1 Å². The van der Waals surface area contributed by atoms with E-state index < -0.39 is 10.0 Å². The van der Waals surface area contributed by atoms with Crippen molar-refractivity contribution in [2.24, 2.45) is 16.6 Å². The maximum Gasteiger partial charge on any atom is 0.240 e. The summed E-state index contributed by atoms with van der Waals surface area (Å²) in [5, 5.41) is 0. The Morgan fingerprint density at radius 1 is 1.05 bits per heavy atom. The number of hydrogen-bond acceptors (Lipinski definition) is 3. The average molecular weight is 282 g/mol. The lowest BCUT2D eigenvalue weighted by molar-refractivity contribution is -0.0593. The van der Waals surface area contributed by atoms with Crippen molar-refractivity contribution in [2.45, 2.75) is 44.7 Å². The van der Waals surface area contributed by atoms with Crippen molar-refractivity contribution in [2.75, 3.05) is 0 Å². The molecule has 0 bridgehead atoms. The minimum Gasteiger partial charge on any atom is -0.327 e. The van der Waals surface area contributed by atoms with Gasteiger partial charge in [-0.1, -0.05) is 45.9 Å². The summed E-state index contributed by atoms with van der Waals surface area (Å²) in [5.74, 6) is 0. The first-order valence-electron chi connectivity index (χ1n) is 6.43. The molecule has 0 amide bonds. The van der Waals surface area contributed by atoms with Gasteiger partial charge in [0.25, 0.3) is 0 Å². The highest BCUT2D eigenvalue weighted by atomic mass is 32.2. The predicted molar refractivity (Wildman–Crippen MR) is 76.1 cm³/mol. The summed E-state index contributed by atoms with van der Waals surface area (Å²) in [7, 11) is -3.49. The quantitative estimate of drug-likeness (QED) is 0.886. The van der Waals surface area contributed by atoms with E-state index in [9.17, 15) is 8.42 Å². The lowest BCUT2D eigenvalue weighted by atomic mass is 9.49. The SMILES string of the molecule is CC1(C)C(N)C(C)(C)C1NS(=O)(=O)c1ccccc1. The number of nitrogens with two attached hydrogens (primary N) is 1. The van der Waals surface area contributed by atoms with Crippen LogP contribution < -0.4 is 10.5 Å². The van der Waals surface area contributed by atoms with Gasteiger partial charge >= 0.3 is 0 Å². The topological polar surface area (TPSA) is 72.2 Å². The van der Waals surface area contributed by atoms with Gasteiger partial charge in [-0.15, -0.1) is 0 Å². The molecule has 0 spiro atoms. The summed E-state index contributed by atoms with van der Waals surface area (Å²) < 4.78 is 27.5. The third kappa shape index (κ3) is 2.20. The van der Waals surface area contributed by atoms with E-state index in [0.717, 1.165) is 0 Å². The van der Waals surface area contributed by atoms with Gasteiger partial charge in [-0.2, -0.15) is 0 Å².